The van der Waals surface area contributed by atoms with Crippen molar-refractivity contribution in [2.24, 2.45) is 0 Å². The number of pyridine rings is 1. The van der Waals surface area contributed by atoms with E-state index < -0.39 is 0 Å². The Labute approximate surface area is 112 Å². The van der Waals surface area contributed by atoms with Crippen LogP contribution >= 0.6 is 0 Å². The summed E-state index contributed by atoms with van der Waals surface area (Å²) in [6.07, 6.45) is 3.44. The van der Waals surface area contributed by atoms with Gasteiger partial charge in [-0.05, 0) is 43.2 Å². The van der Waals surface area contributed by atoms with Crippen molar-refractivity contribution in [2.75, 3.05) is 5.73 Å². The number of rotatable bonds is 3. The van der Waals surface area contributed by atoms with Crippen LogP contribution in [0.5, 0.6) is 0 Å². The maximum atomic E-state index is 12.1. The van der Waals surface area contributed by atoms with Gasteiger partial charge in [0.2, 0.25) is 0 Å². The summed E-state index contributed by atoms with van der Waals surface area (Å²) in [6, 6.07) is 9.08. The highest BCUT2D eigenvalue weighted by atomic mass is 16.1. The fourth-order valence-corrected chi connectivity index (χ4v) is 1.88. The van der Waals surface area contributed by atoms with Gasteiger partial charge in [-0.3, -0.25) is 9.78 Å². The molecule has 1 amide bonds. The fraction of sp³-hybridized carbons (Fsp3) is 0.200. The zero-order valence-corrected chi connectivity index (χ0v) is 11.1. The van der Waals surface area contributed by atoms with Gasteiger partial charge in [0.05, 0.1) is 11.6 Å². The Kier molecular flexibility index (Phi) is 3.80. The molecule has 0 bridgehead atoms. The second-order valence-corrected chi connectivity index (χ2v) is 4.57. The first-order valence-electron chi connectivity index (χ1n) is 6.15. The third kappa shape index (κ3) is 3.10. The van der Waals surface area contributed by atoms with Crippen LogP contribution in [0.2, 0.25) is 0 Å². The van der Waals surface area contributed by atoms with Crippen LogP contribution in [-0.2, 0) is 0 Å². The average molecular weight is 255 g/mol. The van der Waals surface area contributed by atoms with Crippen LogP contribution in [0.1, 0.15) is 34.5 Å². The van der Waals surface area contributed by atoms with Crippen LogP contribution in [0.15, 0.2) is 42.7 Å². The van der Waals surface area contributed by atoms with Crippen molar-refractivity contribution in [2.45, 2.75) is 19.9 Å². The summed E-state index contributed by atoms with van der Waals surface area (Å²) in [5, 5.41) is 2.91. The van der Waals surface area contributed by atoms with E-state index in [-0.39, 0.29) is 11.9 Å². The maximum Gasteiger partial charge on any atom is 0.253 e. The lowest BCUT2D eigenvalue weighted by Crippen LogP contribution is -2.27. The molecule has 2 rings (SSSR count). The number of aromatic nitrogens is 1. The van der Waals surface area contributed by atoms with Gasteiger partial charge in [-0.1, -0.05) is 12.1 Å². The first-order valence-corrected chi connectivity index (χ1v) is 6.15. The van der Waals surface area contributed by atoms with E-state index in [4.69, 9.17) is 5.73 Å². The summed E-state index contributed by atoms with van der Waals surface area (Å²) < 4.78 is 0. The van der Waals surface area contributed by atoms with Gasteiger partial charge in [0.25, 0.3) is 5.91 Å². The smallest absolute Gasteiger partial charge is 0.253 e. The minimum absolute atomic E-state index is 0.109. The van der Waals surface area contributed by atoms with Crippen LogP contribution in [0.4, 0.5) is 5.69 Å². The lowest BCUT2D eigenvalue weighted by atomic mass is 10.1. The van der Waals surface area contributed by atoms with Gasteiger partial charge in [-0.25, -0.2) is 0 Å². The second-order valence-electron chi connectivity index (χ2n) is 4.57. The number of amides is 1. The summed E-state index contributed by atoms with van der Waals surface area (Å²) in [6.45, 7) is 3.86. The Morgan fingerprint density at radius 2 is 2.16 bits per heavy atom. The van der Waals surface area contributed by atoms with Crippen LogP contribution in [0.25, 0.3) is 0 Å². The monoisotopic (exact) mass is 255 g/mol. The Hall–Kier alpha value is -2.36. The standard InChI is InChI=1S/C15H17N3O/c1-10-5-6-13(14(16)8-10)15(19)18-11(2)12-4-3-7-17-9-12/h3-9,11H,16H2,1-2H3,(H,18,19). The molecule has 3 N–H and O–H groups in total. The molecule has 98 valence electrons. The summed E-state index contributed by atoms with van der Waals surface area (Å²) in [5.74, 6) is -0.172. The molecule has 0 saturated carbocycles. The highest BCUT2D eigenvalue weighted by Crippen LogP contribution is 2.16. The molecule has 1 atom stereocenters. The molecule has 0 fully saturated rings. The number of anilines is 1. The molecule has 4 nitrogen and oxygen atoms in total. The van der Waals surface area contributed by atoms with E-state index in [1.807, 2.05) is 32.0 Å². The topological polar surface area (TPSA) is 68.0 Å². The van der Waals surface area contributed by atoms with Crippen LogP contribution in [-0.4, -0.2) is 10.9 Å². The number of nitrogen functional groups attached to an aromatic ring is 1. The molecule has 0 spiro atoms. The Bertz CT molecular complexity index is 581. The molecule has 1 aromatic heterocycles. The molecule has 4 heteroatoms. The molecular formula is C15H17N3O. The number of nitrogens with two attached hydrogens (primary N) is 1. The number of nitrogens with zero attached hydrogens (tertiary/aromatic N) is 1. The minimum atomic E-state index is -0.172. The van der Waals surface area contributed by atoms with Crippen molar-refractivity contribution in [3.63, 3.8) is 0 Å². The van der Waals surface area contributed by atoms with E-state index in [9.17, 15) is 4.79 Å². The molecule has 1 heterocycles. The lowest BCUT2D eigenvalue weighted by molar-refractivity contribution is 0.0941. The van der Waals surface area contributed by atoms with Crippen molar-refractivity contribution in [3.05, 3.63) is 59.4 Å². The number of hydrogen-bond donors (Lipinski definition) is 2. The molecule has 0 radical (unpaired) electrons. The molecule has 0 aliphatic carbocycles. The molecular weight excluding hydrogens is 238 g/mol. The van der Waals surface area contributed by atoms with E-state index in [2.05, 4.69) is 10.3 Å². The van der Waals surface area contributed by atoms with E-state index in [0.717, 1.165) is 11.1 Å². The highest BCUT2D eigenvalue weighted by molar-refractivity contribution is 5.99. The van der Waals surface area contributed by atoms with Gasteiger partial charge in [-0.2, -0.15) is 0 Å². The van der Waals surface area contributed by atoms with Gasteiger partial charge in [0.1, 0.15) is 0 Å². The maximum absolute atomic E-state index is 12.1. The first-order chi connectivity index (χ1) is 9.08. The highest BCUT2D eigenvalue weighted by Gasteiger charge is 2.13. The Balaban J connectivity index is 2.13. The number of hydrogen-bond acceptors (Lipinski definition) is 3. The Morgan fingerprint density at radius 3 is 2.79 bits per heavy atom. The Morgan fingerprint density at radius 1 is 1.37 bits per heavy atom. The molecule has 1 aromatic carbocycles. The summed E-state index contributed by atoms with van der Waals surface area (Å²) >= 11 is 0. The van der Waals surface area contributed by atoms with Crippen molar-refractivity contribution in [1.29, 1.82) is 0 Å². The lowest BCUT2D eigenvalue weighted by Gasteiger charge is -2.15. The van der Waals surface area contributed by atoms with E-state index >= 15 is 0 Å². The molecule has 0 saturated heterocycles. The van der Waals surface area contributed by atoms with Gasteiger partial charge in [0.15, 0.2) is 0 Å². The summed E-state index contributed by atoms with van der Waals surface area (Å²) in [5.41, 5.74) is 8.86. The van der Waals surface area contributed by atoms with Crippen LogP contribution < -0.4 is 11.1 Å². The van der Waals surface area contributed by atoms with Gasteiger partial charge >= 0.3 is 0 Å². The summed E-state index contributed by atoms with van der Waals surface area (Å²) in [4.78, 5) is 16.2. The quantitative estimate of drug-likeness (QED) is 0.828. The average Bonchev–Trinajstić information content (AvgIpc) is 2.39. The third-order valence-electron chi connectivity index (χ3n) is 2.98. The third-order valence-corrected chi connectivity index (χ3v) is 2.98. The van der Waals surface area contributed by atoms with E-state index in [1.165, 1.54) is 0 Å². The molecule has 1 unspecified atom stereocenters. The van der Waals surface area contributed by atoms with Crippen LogP contribution in [0, 0.1) is 6.92 Å². The van der Waals surface area contributed by atoms with Crippen molar-refractivity contribution in [1.82, 2.24) is 10.3 Å². The largest absolute Gasteiger partial charge is 0.398 e. The van der Waals surface area contributed by atoms with Crippen molar-refractivity contribution in [3.8, 4) is 0 Å². The zero-order valence-electron chi connectivity index (χ0n) is 11.1. The van der Waals surface area contributed by atoms with Gasteiger partial charge < -0.3 is 11.1 Å². The predicted octanol–water partition coefficient (Wildman–Crippen LogP) is 2.46. The predicted molar refractivity (Wildman–Crippen MR) is 75.7 cm³/mol. The van der Waals surface area contributed by atoms with E-state index in [0.29, 0.717) is 11.3 Å². The number of carbonyl (C=O) groups is 1. The number of carbonyl (C=O) groups excluding carboxylic acids is 1. The summed E-state index contributed by atoms with van der Waals surface area (Å²) in [7, 11) is 0. The fourth-order valence-electron chi connectivity index (χ4n) is 1.88. The van der Waals surface area contributed by atoms with E-state index in [1.54, 1.807) is 24.5 Å². The number of aryl methyl sites for hydroxylation is 1. The number of benzene rings is 1. The van der Waals surface area contributed by atoms with Crippen molar-refractivity contribution < 1.29 is 4.79 Å². The zero-order chi connectivity index (χ0) is 13.8. The molecule has 2 aromatic rings. The molecule has 0 aliphatic rings. The van der Waals surface area contributed by atoms with Gasteiger partial charge in [-0.15, -0.1) is 0 Å². The van der Waals surface area contributed by atoms with Crippen LogP contribution in [0.3, 0.4) is 0 Å². The normalized spacial score (nSPS) is 11.9. The molecule has 0 aliphatic heterocycles. The number of nitrogens with one attached hydrogen (secondary N) is 1. The first kappa shape index (κ1) is 13.1. The SMILES string of the molecule is Cc1ccc(C(=O)NC(C)c2cccnc2)c(N)c1. The minimum Gasteiger partial charge on any atom is -0.398 e. The van der Waals surface area contributed by atoms with Crippen molar-refractivity contribution >= 4 is 11.6 Å². The molecule has 19 heavy (non-hydrogen) atoms. The van der Waals surface area contributed by atoms with Gasteiger partial charge in [0, 0.05) is 18.1 Å². The second kappa shape index (κ2) is 5.52.